The van der Waals surface area contributed by atoms with Gasteiger partial charge in [0.25, 0.3) is 10.0 Å². The number of likely N-dealkylation sites (tertiary alicyclic amines) is 1. The van der Waals surface area contributed by atoms with Gasteiger partial charge in [0.15, 0.2) is 0 Å². The van der Waals surface area contributed by atoms with Crippen molar-refractivity contribution in [2.45, 2.75) is 43.9 Å². The number of benzene rings is 3. The minimum absolute atomic E-state index is 0.0411. The Hall–Kier alpha value is -4.10. The molecule has 8 nitrogen and oxygen atoms in total. The molecule has 1 amide bonds. The molecule has 0 bridgehead atoms. The van der Waals surface area contributed by atoms with Crippen LogP contribution in [0.25, 0.3) is 11.6 Å². The van der Waals surface area contributed by atoms with Gasteiger partial charge in [0.2, 0.25) is 5.91 Å². The van der Waals surface area contributed by atoms with Crippen molar-refractivity contribution in [3.8, 4) is 5.75 Å². The van der Waals surface area contributed by atoms with Crippen molar-refractivity contribution in [3.05, 3.63) is 88.2 Å². The van der Waals surface area contributed by atoms with Crippen LogP contribution < -0.4 is 9.04 Å². The van der Waals surface area contributed by atoms with E-state index in [-0.39, 0.29) is 60.4 Å². The maximum atomic E-state index is 14.6. The van der Waals surface area contributed by atoms with Crippen LogP contribution in [-0.4, -0.2) is 56.0 Å². The van der Waals surface area contributed by atoms with Crippen LogP contribution in [0.2, 0.25) is 5.02 Å². The average molecular weight is 681 g/mol. The lowest BCUT2D eigenvalue weighted by Crippen LogP contribution is -2.60. The van der Waals surface area contributed by atoms with E-state index >= 15 is 0 Å². The van der Waals surface area contributed by atoms with Gasteiger partial charge in [-0.2, -0.15) is 13.2 Å². The molecule has 1 fully saturated rings. The smallest absolute Gasteiger partial charge is 0.416 e. The van der Waals surface area contributed by atoms with E-state index in [1.54, 1.807) is 19.1 Å². The lowest BCUT2D eigenvalue weighted by Gasteiger charge is -2.45. The molecular formula is C32H29ClF4N2O6S. The Bertz CT molecular complexity index is 1820. The summed E-state index contributed by atoms with van der Waals surface area (Å²) in [6.07, 6.45) is -4.07. The van der Waals surface area contributed by atoms with Crippen molar-refractivity contribution in [1.82, 2.24) is 4.90 Å². The molecule has 2 aliphatic heterocycles. The summed E-state index contributed by atoms with van der Waals surface area (Å²) in [5, 5.41) is 9.49. The van der Waals surface area contributed by atoms with Crippen molar-refractivity contribution < 1.29 is 45.4 Å². The normalized spacial score (nSPS) is 18.0. The largest absolute Gasteiger partial charge is 0.486 e. The molecule has 2 heterocycles. The minimum atomic E-state index is -4.78. The Balaban J connectivity index is 1.47. The number of carboxylic acids is 1. The van der Waals surface area contributed by atoms with E-state index < -0.39 is 50.0 Å². The number of hydrogen-bond acceptors (Lipinski definition) is 5. The van der Waals surface area contributed by atoms with Gasteiger partial charge in [-0.15, -0.1) is 0 Å². The lowest BCUT2D eigenvalue weighted by atomic mass is 9.82. The van der Waals surface area contributed by atoms with Gasteiger partial charge < -0.3 is 14.7 Å². The number of carbonyl (C=O) groups is 2. The number of nitrogens with zero attached hydrogens (tertiary/aromatic N) is 2. The van der Waals surface area contributed by atoms with Crippen LogP contribution in [0.1, 0.15) is 43.4 Å². The first kappa shape index (κ1) is 33.3. The SMILES string of the molecule is C/C(=C\c1ccc2c(c1)N(S(=O)(=O)c1cccc(C(F)(F)F)c1)C[C@H](CCC(=O)N1CC(C)(C(=O)O)C1)O2)c1c(F)cccc1Cl. The summed E-state index contributed by atoms with van der Waals surface area (Å²) < 4.78 is 90.0. The topological polar surface area (TPSA) is 104 Å². The highest BCUT2D eigenvalue weighted by molar-refractivity contribution is 7.92. The first-order valence-corrected chi connectivity index (χ1v) is 16.0. The van der Waals surface area contributed by atoms with Crippen LogP contribution in [0, 0.1) is 11.2 Å². The highest BCUT2D eigenvalue weighted by Crippen LogP contribution is 2.41. The standard InChI is InChI=1S/C32H29ClF4N2O6S/c1-19(29-24(33)7-4-8-25(29)34)13-20-9-11-27-26(14-20)39(46(43,44)23-6-3-5-21(15-23)32(35,36)37)16-22(45-27)10-12-28(40)38-17-31(2,18-38)30(41)42/h3-9,11,13-15,22H,10,12,16-18H2,1-2H3,(H,41,42)/b19-13+/t22-/m0/s1. The third-order valence-corrected chi connectivity index (χ3v) is 10.1. The highest BCUT2D eigenvalue weighted by atomic mass is 35.5. The van der Waals surface area contributed by atoms with Crippen LogP contribution in [0.15, 0.2) is 65.6 Å². The predicted molar refractivity (Wildman–Crippen MR) is 163 cm³/mol. The van der Waals surface area contributed by atoms with Crippen molar-refractivity contribution >= 4 is 50.8 Å². The first-order valence-electron chi connectivity index (χ1n) is 14.1. The summed E-state index contributed by atoms with van der Waals surface area (Å²) in [6, 6.07) is 12.2. The Labute approximate surface area is 267 Å². The number of alkyl halides is 3. The van der Waals surface area contributed by atoms with Gasteiger partial charge >= 0.3 is 12.1 Å². The summed E-state index contributed by atoms with van der Waals surface area (Å²) in [5.74, 6) is -1.79. The molecule has 5 rings (SSSR count). The van der Waals surface area contributed by atoms with E-state index in [0.717, 1.165) is 22.5 Å². The van der Waals surface area contributed by atoms with E-state index in [1.807, 2.05) is 0 Å². The number of fused-ring (bicyclic) bond motifs is 1. The molecule has 1 saturated heterocycles. The number of anilines is 1. The Morgan fingerprint density at radius 2 is 1.80 bits per heavy atom. The van der Waals surface area contributed by atoms with Gasteiger partial charge in [0.05, 0.1) is 33.1 Å². The molecule has 14 heteroatoms. The second-order valence-electron chi connectivity index (χ2n) is 11.6. The molecule has 46 heavy (non-hydrogen) atoms. The van der Waals surface area contributed by atoms with E-state index in [2.05, 4.69) is 0 Å². The number of hydrogen-bond donors (Lipinski definition) is 1. The van der Waals surface area contributed by atoms with Crippen LogP contribution in [-0.2, 0) is 25.8 Å². The van der Waals surface area contributed by atoms with E-state index in [1.165, 1.54) is 42.2 Å². The van der Waals surface area contributed by atoms with Crippen LogP contribution in [0.4, 0.5) is 23.2 Å². The minimum Gasteiger partial charge on any atom is -0.486 e. The molecule has 244 valence electrons. The molecule has 0 unspecified atom stereocenters. The number of allylic oxidation sites excluding steroid dienone is 1. The van der Waals surface area contributed by atoms with E-state index in [0.29, 0.717) is 17.2 Å². The van der Waals surface area contributed by atoms with Gasteiger partial charge in [0, 0.05) is 25.1 Å². The number of sulfonamides is 1. The number of halogens is 5. The van der Waals surface area contributed by atoms with Crippen molar-refractivity contribution in [3.63, 3.8) is 0 Å². The van der Waals surface area contributed by atoms with Gasteiger partial charge in [0.1, 0.15) is 17.7 Å². The summed E-state index contributed by atoms with van der Waals surface area (Å²) in [4.78, 5) is 25.0. The second kappa shape index (κ2) is 12.3. The van der Waals surface area contributed by atoms with Crippen molar-refractivity contribution in [2.24, 2.45) is 5.41 Å². The average Bonchev–Trinajstić information content (AvgIpc) is 2.97. The first-order chi connectivity index (χ1) is 21.5. The van der Waals surface area contributed by atoms with E-state index in [9.17, 15) is 40.7 Å². The maximum Gasteiger partial charge on any atom is 0.416 e. The molecule has 0 aromatic heterocycles. The molecule has 0 saturated carbocycles. The Morgan fingerprint density at radius 3 is 2.46 bits per heavy atom. The molecule has 2 aliphatic rings. The summed E-state index contributed by atoms with van der Waals surface area (Å²) in [6.45, 7) is 2.92. The second-order valence-corrected chi connectivity index (χ2v) is 13.9. The van der Waals surface area contributed by atoms with Crippen molar-refractivity contribution in [1.29, 1.82) is 0 Å². The van der Waals surface area contributed by atoms with Crippen LogP contribution in [0.5, 0.6) is 5.75 Å². The molecule has 0 aliphatic carbocycles. The van der Waals surface area contributed by atoms with Gasteiger partial charge in [-0.05, 0) is 73.9 Å². The quantitative estimate of drug-likeness (QED) is 0.209. The molecule has 1 atom stereocenters. The number of aliphatic carboxylic acids is 1. The number of amides is 1. The zero-order valence-corrected chi connectivity index (χ0v) is 26.2. The Kier molecular flexibility index (Phi) is 8.86. The predicted octanol–water partition coefficient (Wildman–Crippen LogP) is 6.73. The molecule has 3 aromatic carbocycles. The summed E-state index contributed by atoms with van der Waals surface area (Å²) >= 11 is 6.21. The monoisotopic (exact) mass is 680 g/mol. The van der Waals surface area contributed by atoms with E-state index in [4.69, 9.17) is 16.3 Å². The number of ether oxygens (including phenoxy) is 1. The number of carbonyl (C=O) groups excluding carboxylic acids is 1. The fourth-order valence-corrected chi connectivity index (χ4v) is 7.36. The van der Waals surface area contributed by atoms with Crippen LogP contribution in [0.3, 0.4) is 0 Å². The van der Waals surface area contributed by atoms with Gasteiger partial charge in [-0.25, -0.2) is 12.8 Å². The summed E-state index contributed by atoms with van der Waals surface area (Å²) in [5.41, 5.74) is -1.09. The third kappa shape index (κ3) is 6.57. The zero-order valence-electron chi connectivity index (χ0n) is 24.6. The third-order valence-electron chi connectivity index (χ3n) is 8.03. The molecule has 1 N–H and O–H groups in total. The fraction of sp³-hybridized carbons (Fsp3) is 0.312. The Morgan fingerprint density at radius 1 is 1.11 bits per heavy atom. The van der Waals surface area contributed by atoms with Gasteiger partial charge in [-0.1, -0.05) is 35.9 Å². The van der Waals surface area contributed by atoms with Crippen molar-refractivity contribution in [2.75, 3.05) is 23.9 Å². The molecule has 0 radical (unpaired) electrons. The lowest BCUT2D eigenvalue weighted by molar-refractivity contribution is -0.164. The molecular weight excluding hydrogens is 652 g/mol. The molecule has 3 aromatic rings. The fourth-order valence-electron chi connectivity index (χ4n) is 5.50. The number of carboxylic acid groups (broad SMARTS) is 1. The summed E-state index contributed by atoms with van der Waals surface area (Å²) in [7, 11) is -4.58. The van der Waals surface area contributed by atoms with Crippen LogP contribution >= 0.6 is 11.6 Å². The van der Waals surface area contributed by atoms with Gasteiger partial charge in [-0.3, -0.25) is 13.9 Å². The maximum absolute atomic E-state index is 14.6. The number of rotatable bonds is 8. The zero-order chi connectivity index (χ0) is 33.6. The molecule has 0 spiro atoms. The highest BCUT2D eigenvalue weighted by Gasteiger charge is 2.47.